The molecule has 1 aromatic heterocycles. The maximum atomic E-state index is 11.4. The van der Waals surface area contributed by atoms with Crippen LogP contribution >= 0.6 is 0 Å². The molecule has 0 bridgehead atoms. The van der Waals surface area contributed by atoms with Gasteiger partial charge in [-0.1, -0.05) is 0 Å². The van der Waals surface area contributed by atoms with Gasteiger partial charge in [0.15, 0.2) is 6.39 Å². The molecule has 0 amide bonds. The summed E-state index contributed by atoms with van der Waals surface area (Å²) in [6.45, 7) is 0. The van der Waals surface area contributed by atoms with Crippen molar-refractivity contribution in [1.82, 2.24) is 4.98 Å². The molecule has 1 heterocycles. The number of halogens is 1. The van der Waals surface area contributed by atoms with Gasteiger partial charge in [0.2, 0.25) is 6.26 Å². The molecule has 0 aliphatic rings. The van der Waals surface area contributed by atoms with E-state index in [1.807, 2.05) is 6.26 Å². The van der Waals surface area contributed by atoms with Crippen molar-refractivity contribution in [1.29, 1.82) is 0 Å². The minimum atomic E-state index is -0.699. The number of aromatic nitrogens is 1. The molecule has 1 radical (unpaired) electrons. The first-order chi connectivity index (χ1) is 2.89. The summed E-state index contributed by atoms with van der Waals surface area (Å²) in [7, 11) is 0. The highest BCUT2D eigenvalue weighted by Gasteiger charge is 1.85. The Morgan fingerprint density at radius 3 is 3.00 bits per heavy atom. The van der Waals surface area contributed by atoms with E-state index in [9.17, 15) is 4.39 Å². The third kappa shape index (κ3) is 0.381. The van der Waals surface area contributed by atoms with Gasteiger partial charge in [0.25, 0.3) is 5.95 Å². The Morgan fingerprint density at radius 2 is 2.83 bits per heavy atom. The van der Waals surface area contributed by atoms with Crippen LogP contribution in [0.3, 0.4) is 0 Å². The number of hydrogen-bond acceptors (Lipinski definition) is 2. The van der Waals surface area contributed by atoms with E-state index in [2.05, 4.69) is 9.40 Å². The third-order valence-corrected chi connectivity index (χ3v) is 0.362. The molecule has 2 nitrogen and oxygen atoms in total. The van der Waals surface area contributed by atoms with E-state index in [4.69, 9.17) is 0 Å². The molecule has 1 aromatic rings. The second-order valence-corrected chi connectivity index (χ2v) is 0.745. The summed E-state index contributed by atoms with van der Waals surface area (Å²) in [5.41, 5.74) is 0. The zero-order valence-electron chi connectivity index (χ0n) is 2.81. The van der Waals surface area contributed by atoms with Crippen LogP contribution in [0.5, 0.6) is 0 Å². The molecule has 0 saturated carbocycles. The second kappa shape index (κ2) is 1.08. The van der Waals surface area contributed by atoms with Gasteiger partial charge >= 0.3 is 0 Å². The van der Waals surface area contributed by atoms with Gasteiger partial charge in [0.05, 0.1) is 0 Å². The fourth-order valence-electron chi connectivity index (χ4n) is 0.174. The van der Waals surface area contributed by atoms with Gasteiger partial charge in [-0.3, -0.25) is 0 Å². The molecule has 31 valence electrons. The van der Waals surface area contributed by atoms with Crippen LogP contribution in [0.4, 0.5) is 4.39 Å². The van der Waals surface area contributed by atoms with Gasteiger partial charge in [-0.15, -0.1) is 0 Å². The van der Waals surface area contributed by atoms with Gasteiger partial charge in [-0.05, 0) is 0 Å². The normalized spacial score (nSPS) is 8.83. The Bertz CT molecular complexity index is 114. The van der Waals surface area contributed by atoms with Crippen LogP contribution in [0.15, 0.2) is 10.8 Å². The van der Waals surface area contributed by atoms with Crippen molar-refractivity contribution in [3.8, 4) is 0 Å². The van der Waals surface area contributed by atoms with Crippen LogP contribution in [-0.4, -0.2) is 4.98 Å². The smallest absolute Gasteiger partial charge is 0.262 e. The first-order valence-electron chi connectivity index (χ1n) is 1.36. The SMILES string of the molecule is Fc1[c]ocn1. The molecular formula is C3HFNO. The minimum absolute atomic E-state index is 0.699. The van der Waals surface area contributed by atoms with E-state index in [0.717, 1.165) is 6.39 Å². The number of rotatable bonds is 0. The maximum absolute atomic E-state index is 11.4. The van der Waals surface area contributed by atoms with Crippen LogP contribution in [0.1, 0.15) is 0 Å². The second-order valence-electron chi connectivity index (χ2n) is 0.745. The zero-order valence-corrected chi connectivity index (χ0v) is 2.81. The van der Waals surface area contributed by atoms with Crippen molar-refractivity contribution >= 4 is 0 Å². The van der Waals surface area contributed by atoms with Crippen molar-refractivity contribution in [2.45, 2.75) is 0 Å². The molecule has 0 atom stereocenters. The Hall–Kier alpha value is -0.860. The van der Waals surface area contributed by atoms with E-state index < -0.39 is 5.95 Å². The van der Waals surface area contributed by atoms with Crippen LogP contribution in [0.25, 0.3) is 0 Å². The average molecular weight is 86.0 g/mol. The molecule has 0 unspecified atom stereocenters. The van der Waals surface area contributed by atoms with Crippen molar-refractivity contribution < 1.29 is 8.81 Å². The van der Waals surface area contributed by atoms with Crippen molar-refractivity contribution in [2.24, 2.45) is 0 Å². The van der Waals surface area contributed by atoms with Crippen molar-refractivity contribution in [2.75, 3.05) is 0 Å². The standard InChI is InChI=1S/C3HFNO/c4-3-1-6-2-5-3/h2H. The Balaban J connectivity index is 3.05. The highest BCUT2D eigenvalue weighted by molar-refractivity contribution is 4.61. The number of nitrogens with zero attached hydrogens (tertiary/aromatic N) is 1. The van der Waals surface area contributed by atoms with Crippen LogP contribution < -0.4 is 0 Å². The minimum Gasteiger partial charge on any atom is -0.437 e. The fourth-order valence-corrected chi connectivity index (χ4v) is 0.174. The summed E-state index contributed by atoms with van der Waals surface area (Å²) in [5.74, 6) is -0.699. The Kier molecular flexibility index (Phi) is 0.602. The summed E-state index contributed by atoms with van der Waals surface area (Å²) in [4.78, 5) is 3.03. The highest BCUT2D eigenvalue weighted by atomic mass is 19.1. The van der Waals surface area contributed by atoms with Crippen LogP contribution in [0.2, 0.25) is 0 Å². The number of hydrogen-bond donors (Lipinski definition) is 0. The van der Waals surface area contributed by atoms with E-state index in [1.54, 1.807) is 0 Å². The zero-order chi connectivity index (χ0) is 4.41. The summed E-state index contributed by atoms with van der Waals surface area (Å²) in [5, 5.41) is 0. The predicted molar refractivity (Wildman–Crippen MR) is 15.3 cm³/mol. The van der Waals surface area contributed by atoms with E-state index in [0.29, 0.717) is 0 Å². The molecule has 0 N–H and O–H groups in total. The summed E-state index contributed by atoms with van der Waals surface area (Å²) in [6.07, 6.45) is 2.83. The fraction of sp³-hybridized carbons (Fsp3) is 0. The lowest BCUT2D eigenvalue weighted by Gasteiger charge is -1.54. The molecule has 0 spiro atoms. The molecule has 3 heteroatoms. The lowest BCUT2D eigenvalue weighted by molar-refractivity contribution is 0.522. The summed E-state index contributed by atoms with van der Waals surface area (Å²) < 4.78 is 15.5. The van der Waals surface area contributed by atoms with E-state index in [-0.39, 0.29) is 0 Å². The van der Waals surface area contributed by atoms with Crippen molar-refractivity contribution in [3.63, 3.8) is 0 Å². The Morgan fingerprint density at radius 1 is 2.00 bits per heavy atom. The molecular weight excluding hydrogens is 85.0 g/mol. The largest absolute Gasteiger partial charge is 0.437 e. The van der Waals surface area contributed by atoms with Gasteiger partial charge < -0.3 is 4.42 Å². The lowest BCUT2D eigenvalue weighted by atomic mass is 10.9. The first kappa shape index (κ1) is 3.33. The third-order valence-electron chi connectivity index (χ3n) is 0.362. The highest BCUT2D eigenvalue weighted by Crippen LogP contribution is 1.84. The quantitative estimate of drug-likeness (QED) is 0.462. The van der Waals surface area contributed by atoms with Gasteiger partial charge in [0, 0.05) is 0 Å². The van der Waals surface area contributed by atoms with Gasteiger partial charge in [-0.2, -0.15) is 9.37 Å². The molecule has 0 saturated heterocycles. The van der Waals surface area contributed by atoms with Crippen LogP contribution in [-0.2, 0) is 0 Å². The Labute approximate surface area is 33.6 Å². The maximum Gasteiger partial charge on any atom is 0.262 e. The van der Waals surface area contributed by atoms with E-state index in [1.165, 1.54) is 0 Å². The molecule has 1 rings (SSSR count). The van der Waals surface area contributed by atoms with E-state index >= 15 is 0 Å². The van der Waals surface area contributed by atoms with Gasteiger partial charge in [-0.25, -0.2) is 0 Å². The first-order valence-corrected chi connectivity index (χ1v) is 1.36. The van der Waals surface area contributed by atoms with Crippen molar-refractivity contribution in [3.05, 3.63) is 18.6 Å². The molecule has 0 aliphatic heterocycles. The summed E-state index contributed by atoms with van der Waals surface area (Å²) >= 11 is 0. The predicted octanol–water partition coefficient (Wildman–Crippen LogP) is 0.614. The molecule has 0 fully saturated rings. The lowest BCUT2D eigenvalue weighted by Crippen LogP contribution is -1.61. The van der Waals surface area contributed by atoms with Crippen LogP contribution in [0, 0.1) is 12.2 Å². The monoisotopic (exact) mass is 86.0 g/mol. The average Bonchev–Trinajstić information content (AvgIpc) is 1.86. The van der Waals surface area contributed by atoms with Gasteiger partial charge in [0.1, 0.15) is 0 Å². The molecule has 0 aliphatic carbocycles. The number of oxazole rings is 1. The topological polar surface area (TPSA) is 26.0 Å². The molecule has 0 aromatic carbocycles. The summed E-state index contributed by atoms with van der Waals surface area (Å²) in [6, 6.07) is 0. The molecule has 6 heavy (non-hydrogen) atoms.